The molecule has 0 radical (unpaired) electrons. The maximum atomic E-state index is 5.29. The van der Waals surface area contributed by atoms with Crippen LogP contribution < -0.4 is 20.7 Å². The third-order valence-corrected chi connectivity index (χ3v) is 2.71. The van der Waals surface area contributed by atoms with E-state index in [1.165, 1.54) is 0 Å². The highest BCUT2D eigenvalue weighted by atomic mass is 35.5. The van der Waals surface area contributed by atoms with E-state index in [4.69, 9.17) is 4.74 Å². The van der Waals surface area contributed by atoms with Gasteiger partial charge in [0.15, 0.2) is 0 Å². The fourth-order valence-corrected chi connectivity index (χ4v) is 1.83. The lowest BCUT2D eigenvalue weighted by atomic mass is 10.2. The number of fused-ring (bicyclic) bond motifs is 2. The van der Waals surface area contributed by atoms with E-state index in [-0.39, 0.29) is 37.2 Å². The Hall–Kier alpha value is -0.300. The van der Waals surface area contributed by atoms with Crippen molar-refractivity contribution in [3.63, 3.8) is 0 Å². The van der Waals surface area contributed by atoms with E-state index in [9.17, 15) is 0 Å². The molecule has 8 heteroatoms. The molecule has 2 bridgehead atoms. The predicted octanol–water partition coefficient (Wildman–Crippen LogP) is 1.14. The first-order valence-electron chi connectivity index (χ1n) is 6.04. The van der Waals surface area contributed by atoms with Gasteiger partial charge in [-0.3, -0.25) is 4.98 Å². The van der Waals surface area contributed by atoms with Gasteiger partial charge in [-0.15, -0.1) is 37.2 Å². The Morgan fingerprint density at radius 1 is 0.850 bits per heavy atom. The fourth-order valence-electron chi connectivity index (χ4n) is 1.83. The normalized spacial score (nSPS) is 15.2. The Balaban J connectivity index is 0. The van der Waals surface area contributed by atoms with Gasteiger partial charge in [0, 0.05) is 51.4 Å². The molecule has 0 spiro atoms. The number of rotatable bonds is 1. The van der Waals surface area contributed by atoms with E-state index in [0.29, 0.717) is 0 Å². The quantitative estimate of drug-likeness (QED) is 0.712. The average molecular weight is 346 g/mol. The Labute approximate surface area is 138 Å². The van der Waals surface area contributed by atoms with Crippen molar-refractivity contribution in [1.29, 1.82) is 0 Å². The van der Waals surface area contributed by atoms with Crippen molar-refractivity contribution in [2.45, 2.75) is 13.1 Å². The van der Waals surface area contributed by atoms with Crippen LogP contribution in [-0.4, -0.2) is 38.3 Å². The highest BCUT2D eigenvalue weighted by Gasteiger charge is 2.04. The van der Waals surface area contributed by atoms with E-state index >= 15 is 0 Å². The third-order valence-electron chi connectivity index (χ3n) is 2.71. The van der Waals surface area contributed by atoms with Crippen LogP contribution in [0, 0.1) is 0 Å². The summed E-state index contributed by atoms with van der Waals surface area (Å²) in [4.78, 5) is 4.59. The van der Waals surface area contributed by atoms with Crippen LogP contribution in [0.4, 0.5) is 0 Å². The van der Waals surface area contributed by atoms with Crippen LogP contribution in [0.3, 0.4) is 0 Å². The summed E-state index contributed by atoms with van der Waals surface area (Å²) in [5.41, 5.74) is 2.06. The number of nitrogens with zero attached hydrogens (tertiary/aromatic N) is 1. The molecule has 2 rings (SSSR count). The maximum absolute atomic E-state index is 5.29. The number of hydrogen-bond donors (Lipinski definition) is 3. The standard InChI is InChI=1S/C12H20N4O.3ClH/c1-17-12-6-10-8-14-4-2-13-3-5-15-9-11(7-12)16-10;;;/h6-7,13-15H,2-5,8-9H2,1H3;3*1H. The van der Waals surface area contributed by atoms with Gasteiger partial charge in [-0.2, -0.15) is 0 Å². The Morgan fingerprint density at radius 2 is 1.30 bits per heavy atom. The molecule has 2 heterocycles. The van der Waals surface area contributed by atoms with Crippen molar-refractivity contribution in [3.05, 3.63) is 23.5 Å². The summed E-state index contributed by atoms with van der Waals surface area (Å²) in [6.45, 7) is 5.44. The zero-order valence-corrected chi connectivity index (χ0v) is 13.9. The molecule has 1 aromatic rings. The fraction of sp³-hybridized carbons (Fsp3) is 0.583. The molecule has 118 valence electrons. The van der Waals surface area contributed by atoms with Gasteiger partial charge < -0.3 is 20.7 Å². The first-order chi connectivity index (χ1) is 8.38. The lowest BCUT2D eigenvalue weighted by Gasteiger charge is -2.12. The summed E-state index contributed by atoms with van der Waals surface area (Å²) >= 11 is 0. The van der Waals surface area contributed by atoms with Gasteiger partial charge in [-0.25, -0.2) is 0 Å². The van der Waals surface area contributed by atoms with Crippen LogP contribution in [0.15, 0.2) is 12.1 Å². The van der Waals surface area contributed by atoms with Crippen molar-refractivity contribution < 1.29 is 4.74 Å². The van der Waals surface area contributed by atoms with E-state index in [2.05, 4.69) is 20.9 Å². The number of pyridine rings is 1. The topological polar surface area (TPSA) is 58.2 Å². The number of halogens is 3. The lowest BCUT2D eigenvalue weighted by molar-refractivity contribution is 0.411. The van der Waals surface area contributed by atoms with Gasteiger partial charge >= 0.3 is 0 Å². The van der Waals surface area contributed by atoms with Crippen molar-refractivity contribution in [2.75, 3.05) is 33.3 Å². The second kappa shape index (κ2) is 12.4. The monoisotopic (exact) mass is 344 g/mol. The van der Waals surface area contributed by atoms with Gasteiger partial charge in [-0.1, -0.05) is 0 Å². The molecule has 5 nitrogen and oxygen atoms in total. The van der Waals surface area contributed by atoms with Gasteiger partial charge in [0.25, 0.3) is 0 Å². The average Bonchev–Trinajstić information content (AvgIpc) is 2.35. The molecule has 0 saturated carbocycles. The predicted molar refractivity (Wildman–Crippen MR) is 88.8 cm³/mol. The molecule has 20 heavy (non-hydrogen) atoms. The number of methoxy groups -OCH3 is 1. The van der Waals surface area contributed by atoms with Gasteiger partial charge in [0.2, 0.25) is 0 Å². The van der Waals surface area contributed by atoms with Crippen LogP contribution in [0.5, 0.6) is 5.75 Å². The third kappa shape index (κ3) is 7.47. The van der Waals surface area contributed by atoms with Crippen LogP contribution >= 0.6 is 37.2 Å². The first kappa shape index (κ1) is 22.0. The van der Waals surface area contributed by atoms with Crippen molar-refractivity contribution in [3.8, 4) is 5.75 Å². The van der Waals surface area contributed by atoms with E-state index < -0.39 is 0 Å². The molecule has 0 aliphatic carbocycles. The summed E-state index contributed by atoms with van der Waals surface area (Å²) in [6, 6.07) is 3.96. The summed E-state index contributed by atoms with van der Waals surface area (Å²) in [5.74, 6) is 0.879. The molecular weight excluding hydrogens is 323 g/mol. The molecule has 1 aromatic heterocycles. The van der Waals surface area contributed by atoms with Crippen molar-refractivity contribution in [1.82, 2.24) is 20.9 Å². The van der Waals surface area contributed by atoms with Crippen LogP contribution in [0.1, 0.15) is 11.4 Å². The largest absolute Gasteiger partial charge is 0.497 e. The minimum Gasteiger partial charge on any atom is -0.497 e. The Bertz CT molecular complexity index is 340. The second-order valence-electron chi connectivity index (χ2n) is 4.09. The number of aromatic nitrogens is 1. The van der Waals surface area contributed by atoms with Crippen LogP contribution in [0.2, 0.25) is 0 Å². The zero-order chi connectivity index (χ0) is 11.9. The number of nitrogens with one attached hydrogen (secondary N) is 3. The molecule has 0 unspecified atom stereocenters. The number of hydrogen-bond acceptors (Lipinski definition) is 5. The smallest absolute Gasteiger partial charge is 0.122 e. The summed E-state index contributed by atoms with van der Waals surface area (Å²) in [6.07, 6.45) is 0. The zero-order valence-electron chi connectivity index (χ0n) is 11.5. The molecule has 0 saturated heterocycles. The van der Waals surface area contributed by atoms with E-state index in [1.807, 2.05) is 12.1 Å². The Morgan fingerprint density at radius 3 is 1.75 bits per heavy atom. The summed E-state index contributed by atoms with van der Waals surface area (Å²) in [5, 5.41) is 10.1. The molecule has 0 atom stereocenters. The van der Waals surface area contributed by atoms with E-state index in [0.717, 1.165) is 56.4 Å². The highest BCUT2D eigenvalue weighted by Crippen LogP contribution is 2.13. The Kier molecular flexibility index (Phi) is 13.7. The van der Waals surface area contributed by atoms with Crippen molar-refractivity contribution >= 4 is 37.2 Å². The second-order valence-corrected chi connectivity index (χ2v) is 4.09. The van der Waals surface area contributed by atoms with Crippen molar-refractivity contribution in [2.24, 2.45) is 0 Å². The molecule has 3 N–H and O–H groups in total. The minimum absolute atomic E-state index is 0. The molecular formula is C12H23Cl3N4O. The highest BCUT2D eigenvalue weighted by molar-refractivity contribution is 5.86. The van der Waals surface area contributed by atoms with Crippen LogP contribution in [-0.2, 0) is 13.1 Å². The van der Waals surface area contributed by atoms with Gasteiger partial charge in [0.05, 0.1) is 18.5 Å². The summed E-state index contributed by atoms with van der Waals surface area (Å²) < 4.78 is 5.29. The first-order valence-corrected chi connectivity index (χ1v) is 6.04. The van der Waals surface area contributed by atoms with E-state index in [1.54, 1.807) is 7.11 Å². The molecule has 1 aliphatic heterocycles. The lowest BCUT2D eigenvalue weighted by Crippen LogP contribution is -2.33. The molecule has 0 amide bonds. The van der Waals surface area contributed by atoms with Gasteiger partial charge in [0.1, 0.15) is 5.75 Å². The molecule has 0 aromatic carbocycles. The maximum Gasteiger partial charge on any atom is 0.122 e. The number of ether oxygens (including phenoxy) is 1. The molecule has 0 fully saturated rings. The summed E-state index contributed by atoms with van der Waals surface area (Å²) in [7, 11) is 1.69. The van der Waals surface area contributed by atoms with Gasteiger partial charge in [-0.05, 0) is 0 Å². The SMILES string of the molecule is COc1cc2nc(c1)CNCCNCCNC2.Cl.Cl.Cl. The van der Waals surface area contributed by atoms with Crippen LogP contribution in [0.25, 0.3) is 0 Å². The minimum atomic E-state index is 0. The molecule has 1 aliphatic rings.